The van der Waals surface area contributed by atoms with E-state index in [2.05, 4.69) is 4.99 Å². The number of ether oxygens (including phenoxy) is 2. The van der Waals surface area contributed by atoms with Gasteiger partial charge in [0, 0.05) is 19.0 Å². The van der Waals surface area contributed by atoms with Gasteiger partial charge in [-0.05, 0) is 44.5 Å². The Morgan fingerprint density at radius 1 is 1.05 bits per heavy atom. The maximum atomic E-state index is 14.1. The number of para-hydroxylation sites is 1. The van der Waals surface area contributed by atoms with Crippen LogP contribution in [0.2, 0.25) is 0 Å². The Morgan fingerprint density at radius 2 is 1.76 bits per heavy atom. The van der Waals surface area contributed by atoms with Crippen LogP contribution >= 0.6 is 11.3 Å². The average Bonchev–Trinajstić information content (AvgIpc) is 3.35. The zero-order valence-corrected chi connectivity index (χ0v) is 22.1. The topological polar surface area (TPSA) is 107 Å². The largest absolute Gasteiger partial charge is 0.463 e. The molecule has 0 saturated heterocycles. The summed E-state index contributed by atoms with van der Waals surface area (Å²) >= 11 is 1.12. The molecule has 0 bridgehead atoms. The first-order valence-electron chi connectivity index (χ1n) is 12.2. The van der Waals surface area contributed by atoms with Crippen molar-refractivity contribution in [2.24, 2.45) is 4.99 Å². The van der Waals surface area contributed by atoms with Crippen molar-refractivity contribution >= 4 is 40.4 Å². The molecule has 38 heavy (non-hydrogen) atoms. The molecule has 0 aliphatic carbocycles. The van der Waals surface area contributed by atoms with Crippen molar-refractivity contribution < 1.29 is 23.9 Å². The molecule has 194 valence electrons. The van der Waals surface area contributed by atoms with Crippen LogP contribution in [-0.2, 0) is 19.1 Å². The van der Waals surface area contributed by atoms with Crippen LogP contribution in [0.15, 0.2) is 69.6 Å². The number of esters is 2. The first kappa shape index (κ1) is 25.3. The fourth-order valence-electron chi connectivity index (χ4n) is 4.85. The van der Waals surface area contributed by atoms with E-state index in [1.807, 2.05) is 31.2 Å². The lowest BCUT2D eigenvalue weighted by molar-refractivity contribution is -0.139. The quantitative estimate of drug-likeness (QED) is 0.370. The standard InChI is InChI=1S/C28H25N3O6S/c1-5-30-20-10-8-7-9-19(20)22(25(30)33)24-26(34)31-23(17-11-13-18(14-12-17)37-16(4)32)21(27(35)36-6-2)15(3)29-28(31)38-24/h7-14,23H,5-6H2,1-4H3/b24-22-. The number of anilines is 1. The van der Waals surface area contributed by atoms with Gasteiger partial charge in [-0.25, -0.2) is 9.79 Å². The highest BCUT2D eigenvalue weighted by Gasteiger charge is 2.36. The van der Waals surface area contributed by atoms with Gasteiger partial charge in [-0.2, -0.15) is 0 Å². The minimum Gasteiger partial charge on any atom is -0.463 e. The molecular weight excluding hydrogens is 506 g/mol. The second kappa shape index (κ2) is 9.86. The number of benzene rings is 2. The summed E-state index contributed by atoms with van der Waals surface area (Å²) in [4.78, 5) is 58.6. The lowest BCUT2D eigenvalue weighted by Crippen LogP contribution is -2.41. The van der Waals surface area contributed by atoms with E-state index in [1.54, 1.807) is 43.0 Å². The Morgan fingerprint density at radius 3 is 2.42 bits per heavy atom. The van der Waals surface area contributed by atoms with Gasteiger partial charge in [0.1, 0.15) is 10.3 Å². The van der Waals surface area contributed by atoms with Gasteiger partial charge in [0.15, 0.2) is 4.80 Å². The minimum atomic E-state index is -0.847. The van der Waals surface area contributed by atoms with Gasteiger partial charge in [0.2, 0.25) is 0 Å². The summed E-state index contributed by atoms with van der Waals surface area (Å²) in [5.41, 5.74) is 2.59. The summed E-state index contributed by atoms with van der Waals surface area (Å²) in [5.74, 6) is -0.956. The second-order valence-electron chi connectivity index (χ2n) is 8.73. The molecule has 1 atom stereocenters. The zero-order valence-electron chi connectivity index (χ0n) is 21.3. The molecule has 10 heteroatoms. The first-order valence-corrected chi connectivity index (χ1v) is 13.0. The fraction of sp³-hybridized carbons (Fsp3) is 0.250. The van der Waals surface area contributed by atoms with Gasteiger partial charge in [-0.1, -0.05) is 41.7 Å². The molecule has 1 aromatic heterocycles. The van der Waals surface area contributed by atoms with Crippen molar-refractivity contribution in [3.05, 3.63) is 90.6 Å². The molecule has 3 heterocycles. The Balaban J connectivity index is 1.77. The van der Waals surface area contributed by atoms with Crippen LogP contribution in [-0.4, -0.2) is 35.6 Å². The molecule has 1 amide bonds. The summed E-state index contributed by atoms with van der Waals surface area (Å²) in [5, 5.41) is 0. The van der Waals surface area contributed by atoms with Crippen molar-refractivity contribution in [1.82, 2.24) is 4.57 Å². The average molecular weight is 532 g/mol. The van der Waals surface area contributed by atoms with Gasteiger partial charge >= 0.3 is 11.9 Å². The molecule has 1 unspecified atom stereocenters. The molecule has 0 N–H and O–H groups in total. The number of likely N-dealkylation sites (N-methyl/N-ethyl adjacent to an activating group) is 1. The third-order valence-electron chi connectivity index (χ3n) is 6.42. The van der Waals surface area contributed by atoms with Crippen LogP contribution in [0.3, 0.4) is 0 Å². The molecule has 2 aromatic carbocycles. The smallest absolute Gasteiger partial charge is 0.338 e. The Labute approximate surface area is 221 Å². The third kappa shape index (κ3) is 4.06. The molecule has 5 rings (SSSR count). The van der Waals surface area contributed by atoms with Gasteiger partial charge < -0.3 is 14.4 Å². The lowest BCUT2D eigenvalue weighted by Gasteiger charge is -2.24. The molecule has 0 spiro atoms. The Bertz CT molecular complexity index is 1700. The van der Waals surface area contributed by atoms with Crippen LogP contribution in [0.4, 0.5) is 5.69 Å². The first-order chi connectivity index (χ1) is 18.3. The van der Waals surface area contributed by atoms with Crippen LogP contribution in [0, 0.1) is 0 Å². The summed E-state index contributed by atoms with van der Waals surface area (Å²) in [6.07, 6.45) is 0. The molecule has 3 aromatic rings. The van der Waals surface area contributed by atoms with Gasteiger partial charge in [0.25, 0.3) is 11.5 Å². The number of carbonyl (C=O) groups excluding carboxylic acids is 3. The van der Waals surface area contributed by atoms with E-state index in [1.165, 1.54) is 11.5 Å². The third-order valence-corrected chi connectivity index (χ3v) is 7.47. The SMILES string of the molecule is CCOC(=O)C1=C(C)N=c2s/c(=C3\C(=O)N(CC)c4ccccc43)c(=O)n2C1c1ccc(OC(C)=O)cc1. The number of fused-ring (bicyclic) bond motifs is 2. The highest BCUT2D eigenvalue weighted by molar-refractivity contribution is 7.07. The summed E-state index contributed by atoms with van der Waals surface area (Å²) in [6, 6.07) is 13.1. The minimum absolute atomic E-state index is 0.153. The van der Waals surface area contributed by atoms with E-state index in [-0.39, 0.29) is 22.6 Å². The number of nitrogens with zero attached hydrogens (tertiary/aromatic N) is 3. The zero-order chi connectivity index (χ0) is 27.1. The molecular formula is C28H25N3O6S. The number of thiazole rings is 1. The molecule has 0 saturated carbocycles. The van der Waals surface area contributed by atoms with Crippen LogP contribution in [0.5, 0.6) is 5.75 Å². The van der Waals surface area contributed by atoms with E-state index in [9.17, 15) is 19.2 Å². The number of amides is 1. The van der Waals surface area contributed by atoms with Gasteiger partial charge in [-0.3, -0.25) is 19.0 Å². The van der Waals surface area contributed by atoms with Crippen molar-refractivity contribution in [3.8, 4) is 5.75 Å². The number of hydrogen-bond acceptors (Lipinski definition) is 8. The summed E-state index contributed by atoms with van der Waals surface area (Å²) in [6.45, 7) is 7.20. The van der Waals surface area contributed by atoms with Crippen LogP contribution in [0.1, 0.15) is 44.9 Å². The van der Waals surface area contributed by atoms with E-state index in [4.69, 9.17) is 9.47 Å². The van der Waals surface area contributed by atoms with Crippen molar-refractivity contribution in [3.63, 3.8) is 0 Å². The molecule has 9 nitrogen and oxygen atoms in total. The number of hydrogen-bond donors (Lipinski definition) is 0. The molecule has 0 radical (unpaired) electrons. The second-order valence-corrected chi connectivity index (χ2v) is 9.70. The predicted octanol–water partition coefficient (Wildman–Crippen LogP) is 2.46. The maximum absolute atomic E-state index is 14.1. The number of aromatic nitrogens is 1. The van der Waals surface area contributed by atoms with E-state index in [0.29, 0.717) is 39.5 Å². The summed E-state index contributed by atoms with van der Waals surface area (Å²) < 4.78 is 12.2. The number of rotatable bonds is 5. The number of allylic oxidation sites excluding steroid dienone is 1. The molecule has 2 aliphatic rings. The lowest BCUT2D eigenvalue weighted by atomic mass is 9.96. The van der Waals surface area contributed by atoms with Gasteiger partial charge in [-0.15, -0.1) is 0 Å². The maximum Gasteiger partial charge on any atom is 0.338 e. The normalized spacial score (nSPS) is 17.6. The molecule has 2 aliphatic heterocycles. The monoisotopic (exact) mass is 531 g/mol. The fourth-order valence-corrected chi connectivity index (χ4v) is 5.99. The number of carbonyl (C=O) groups is 3. The predicted molar refractivity (Wildman–Crippen MR) is 142 cm³/mol. The van der Waals surface area contributed by atoms with E-state index >= 15 is 0 Å². The molecule has 0 fully saturated rings. The Kier molecular flexibility index (Phi) is 6.58. The Hall–Kier alpha value is -4.31. The van der Waals surface area contributed by atoms with Crippen molar-refractivity contribution in [2.75, 3.05) is 18.1 Å². The van der Waals surface area contributed by atoms with Crippen LogP contribution < -0.4 is 24.5 Å². The van der Waals surface area contributed by atoms with E-state index < -0.39 is 23.5 Å². The van der Waals surface area contributed by atoms with Gasteiger partial charge in [0.05, 0.1) is 35.2 Å². The van der Waals surface area contributed by atoms with Crippen molar-refractivity contribution in [1.29, 1.82) is 0 Å². The summed E-state index contributed by atoms with van der Waals surface area (Å²) in [7, 11) is 0. The van der Waals surface area contributed by atoms with Crippen molar-refractivity contribution in [2.45, 2.75) is 33.7 Å². The van der Waals surface area contributed by atoms with E-state index in [0.717, 1.165) is 17.0 Å². The highest BCUT2D eigenvalue weighted by Crippen LogP contribution is 2.35. The highest BCUT2D eigenvalue weighted by atomic mass is 32.1. The van der Waals surface area contributed by atoms with Crippen LogP contribution in [0.25, 0.3) is 5.57 Å².